The average Bonchev–Trinajstić information content (AvgIpc) is 2.56. The summed E-state index contributed by atoms with van der Waals surface area (Å²) in [4.78, 5) is 5.35. The van der Waals surface area contributed by atoms with Crippen molar-refractivity contribution < 1.29 is 4.39 Å². The van der Waals surface area contributed by atoms with Crippen molar-refractivity contribution in [3.05, 3.63) is 29.6 Å². The molecule has 1 aliphatic rings. The molecule has 0 spiro atoms. The average molecular weight is 469 g/mol. The summed E-state index contributed by atoms with van der Waals surface area (Å²) in [7, 11) is 1.77. The normalized spacial score (nSPS) is 15.9. The quantitative estimate of drug-likeness (QED) is 0.296. The number of hydrogen-bond acceptors (Lipinski definition) is 3. The lowest BCUT2D eigenvalue weighted by Crippen LogP contribution is -2.40. The van der Waals surface area contributed by atoms with Gasteiger partial charge in [-0.3, -0.25) is 4.99 Å². The highest BCUT2D eigenvalue weighted by atomic mass is 127. The molecular weight excluding hydrogens is 444 g/mol. The van der Waals surface area contributed by atoms with Gasteiger partial charge >= 0.3 is 0 Å². The van der Waals surface area contributed by atoms with E-state index in [4.69, 9.17) is 0 Å². The van der Waals surface area contributed by atoms with Crippen LogP contribution in [0, 0.1) is 11.7 Å². The van der Waals surface area contributed by atoms with Crippen LogP contribution in [-0.2, 0) is 6.54 Å². The van der Waals surface area contributed by atoms with Crippen molar-refractivity contribution in [1.82, 2.24) is 10.6 Å². The zero-order valence-electron chi connectivity index (χ0n) is 13.6. The Balaban J connectivity index is 0.00000264. The zero-order valence-corrected chi connectivity index (χ0v) is 17.6. The molecule has 0 amide bonds. The molecule has 1 aromatic rings. The van der Waals surface area contributed by atoms with Crippen molar-refractivity contribution >= 4 is 53.5 Å². The highest BCUT2D eigenvalue weighted by Crippen LogP contribution is 2.22. The van der Waals surface area contributed by atoms with Crippen molar-refractivity contribution in [2.24, 2.45) is 10.9 Å². The summed E-state index contributed by atoms with van der Waals surface area (Å²) in [6, 6.07) is 4.92. The number of guanidine groups is 1. The van der Waals surface area contributed by atoms with Crippen LogP contribution in [-0.4, -0.2) is 37.3 Å². The minimum atomic E-state index is -0.197. The van der Waals surface area contributed by atoms with E-state index in [0.29, 0.717) is 6.54 Å². The van der Waals surface area contributed by atoms with E-state index < -0.39 is 0 Å². The van der Waals surface area contributed by atoms with Gasteiger partial charge < -0.3 is 10.6 Å². The molecule has 0 aliphatic carbocycles. The van der Waals surface area contributed by atoms with Crippen molar-refractivity contribution in [3.63, 3.8) is 0 Å². The van der Waals surface area contributed by atoms with E-state index in [1.165, 1.54) is 30.4 Å². The molecule has 0 bridgehead atoms. The van der Waals surface area contributed by atoms with Gasteiger partial charge in [-0.2, -0.15) is 11.8 Å². The van der Waals surface area contributed by atoms with Gasteiger partial charge in [0, 0.05) is 25.0 Å². The molecule has 0 atom stereocenters. The number of rotatable bonds is 5. The van der Waals surface area contributed by atoms with E-state index in [-0.39, 0.29) is 29.8 Å². The Kier molecular flexibility index (Phi) is 10.4. The Bertz CT molecular complexity index is 508. The third kappa shape index (κ3) is 7.09. The third-order valence-corrected chi connectivity index (χ3v) is 5.70. The molecule has 2 N–H and O–H groups in total. The first-order valence-corrected chi connectivity index (χ1v) is 9.95. The fraction of sp³-hybridized carbons (Fsp3) is 0.562. The van der Waals surface area contributed by atoms with Crippen molar-refractivity contribution in [1.29, 1.82) is 0 Å². The van der Waals surface area contributed by atoms with E-state index in [0.717, 1.165) is 28.9 Å². The molecule has 0 radical (unpaired) electrons. The summed E-state index contributed by atoms with van der Waals surface area (Å²) in [5.74, 6) is 3.85. The zero-order chi connectivity index (χ0) is 15.8. The first-order valence-electron chi connectivity index (χ1n) is 7.57. The van der Waals surface area contributed by atoms with Gasteiger partial charge in [-0.1, -0.05) is 0 Å². The molecule has 1 aliphatic heterocycles. The van der Waals surface area contributed by atoms with E-state index in [9.17, 15) is 4.39 Å². The van der Waals surface area contributed by atoms with Crippen molar-refractivity contribution in [3.8, 4) is 0 Å². The topological polar surface area (TPSA) is 36.4 Å². The fourth-order valence-corrected chi connectivity index (χ4v) is 4.28. The third-order valence-electron chi connectivity index (χ3n) is 3.81. The smallest absolute Gasteiger partial charge is 0.191 e. The number of nitrogens with zero attached hydrogens (tertiary/aromatic N) is 1. The van der Waals surface area contributed by atoms with Gasteiger partial charge in [-0.25, -0.2) is 4.39 Å². The Hall–Kier alpha value is -0.150. The Morgan fingerprint density at radius 1 is 1.35 bits per heavy atom. The van der Waals surface area contributed by atoms with Gasteiger partial charge in [-0.15, -0.1) is 35.7 Å². The molecule has 130 valence electrons. The summed E-state index contributed by atoms with van der Waals surface area (Å²) in [6.07, 6.45) is 4.55. The van der Waals surface area contributed by atoms with Crippen LogP contribution < -0.4 is 10.6 Å². The van der Waals surface area contributed by atoms with Crippen LogP contribution in [0.2, 0.25) is 0 Å². The van der Waals surface area contributed by atoms with E-state index in [2.05, 4.69) is 15.6 Å². The second-order valence-corrected chi connectivity index (χ2v) is 7.39. The maximum absolute atomic E-state index is 13.4. The molecule has 23 heavy (non-hydrogen) atoms. The van der Waals surface area contributed by atoms with Gasteiger partial charge in [0.1, 0.15) is 5.82 Å². The van der Waals surface area contributed by atoms with E-state index in [1.54, 1.807) is 24.9 Å². The number of halogens is 2. The van der Waals surface area contributed by atoms with Crippen LogP contribution in [0.25, 0.3) is 0 Å². The number of nitrogens with one attached hydrogen (secondary N) is 2. The summed E-state index contributed by atoms with van der Waals surface area (Å²) < 4.78 is 13.4. The maximum Gasteiger partial charge on any atom is 0.191 e. The molecular formula is C16H25FIN3S2. The molecule has 1 fully saturated rings. The van der Waals surface area contributed by atoms with E-state index in [1.807, 2.05) is 24.1 Å². The SMILES string of the molecule is CN=C(NCc1cc(F)ccc1SC)NCC1CCSCC1.I. The maximum atomic E-state index is 13.4. The van der Waals surface area contributed by atoms with Crippen LogP contribution in [0.5, 0.6) is 0 Å². The minimum absolute atomic E-state index is 0. The highest BCUT2D eigenvalue weighted by molar-refractivity contribution is 14.0. The molecule has 1 heterocycles. The predicted molar refractivity (Wildman–Crippen MR) is 112 cm³/mol. The largest absolute Gasteiger partial charge is 0.356 e. The molecule has 3 nitrogen and oxygen atoms in total. The van der Waals surface area contributed by atoms with E-state index >= 15 is 0 Å². The van der Waals surface area contributed by atoms with Gasteiger partial charge in [0.25, 0.3) is 0 Å². The highest BCUT2D eigenvalue weighted by Gasteiger charge is 2.14. The standard InChI is InChI=1S/C16H24FN3S2.HI/c1-18-16(19-10-12-5-7-22-8-6-12)20-11-13-9-14(17)3-4-15(13)21-2;/h3-4,9,12H,5-8,10-11H2,1-2H3,(H2,18,19,20);1H. The van der Waals surface area contributed by atoms with Gasteiger partial charge in [-0.05, 0) is 60.3 Å². The molecule has 1 aromatic carbocycles. The van der Waals surface area contributed by atoms with Crippen LogP contribution in [0.4, 0.5) is 4.39 Å². The summed E-state index contributed by atoms with van der Waals surface area (Å²) in [5, 5.41) is 6.67. The van der Waals surface area contributed by atoms with Crippen LogP contribution in [0.1, 0.15) is 18.4 Å². The predicted octanol–water partition coefficient (Wildman–Crippen LogP) is 3.97. The second kappa shape index (κ2) is 11.4. The molecule has 1 saturated heterocycles. The molecule has 2 rings (SSSR count). The Morgan fingerprint density at radius 3 is 2.74 bits per heavy atom. The lowest BCUT2D eigenvalue weighted by molar-refractivity contribution is 0.479. The minimum Gasteiger partial charge on any atom is -0.356 e. The second-order valence-electron chi connectivity index (χ2n) is 5.32. The molecule has 0 unspecified atom stereocenters. The number of benzene rings is 1. The van der Waals surface area contributed by atoms with Crippen LogP contribution >= 0.6 is 47.5 Å². The summed E-state index contributed by atoms with van der Waals surface area (Å²) >= 11 is 3.67. The van der Waals surface area contributed by atoms with Gasteiger partial charge in [0.05, 0.1) is 0 Å². The molecule has 0 aromatic heterocycles. The van der Waals surface area contributed by atoms with Gasteiger partial charge in [0.2, 0.25) is 0 Å². The number of hydrogen-bond donors (Lipinski definition) is 2. The first kappa shape index (κ1) is 20.9. The monoisotopic (exact) mass is 469 g/mol. The van der Waals surface area contributed by atoms with Crippen LogP contribution in [0.3, 0.4) is 0 Å². The summed E-state index contributed by atoms with van der Waals surface area (Å²) in [6.45, 7) is 1.53. The fourth-order valence-electron chi connectivity index (χ4n) is 2.48. The number of thioether (sulfide) groups is 2. The molecule has 7 heteroatoms. The Morgan fingerprint density at radius 2 is 2.09 bits per heavy atom. The lowest BCUT2D eigenvalue weighted by Gasteiger charge is -2.22. The summed E-state index contributed by atoms with van der Waals surface area (Å²) in [5.41, 5.74) is 0.963. The van der Waals surface area contributed by atoms with Gasteiger partial charge in [0.15, 0.2) is 5.96 Å². The van der Waals surface area contributed by atoms with Crippen molar-refractivity contribution in [2.45, 2.75) is 24.3 Å². The first-order chi connectivity index (χ1) is 10.7. The Labute approximate surface area is 164 Å². The number of aliphatic imine (C=N–C) groups is 1. The van der Waals surface area contributed by atoms with Crippen molar-refractivity contribution in [2.75, 3.05) is 31.4 Å². The van der Waals surface area contributed by atoms with Crippen LogP contribution in [0.15, 0.2) is 28.1 Å². The lowest BCUT2D eigenvalue weighted by atomic mass is 10.0. The molecule has 0 saturated carbocycles.